The van der Waals surface area contributed by atoms with E-state index in [9.17, 15) is 4.79 Å². The second-order valence-corrected chi connectivity index (χ2v) is 7.49. The van der Waals surface area contributed by atoms with E-state index in [0.717, 1.165) is 55.1 Å². The molecular formula is C21H28N6O2. The Morgan fingerprint density at radius 2 is 1.66 bits per heavy atom. The van der Waals surface area contributed by atoms with Gasteiger partial charge in [-0.3, -0.25) is 0 Å². The number of carbonyl (C=O) groups is 1. The van der Waals surface area contributed by atoms with Gasteiger partial charge in [-0.25, -0.2) is 9.78 Å². The van der Waals surface area contributed by atoms with Crippen molar-refractivity contribution in [2.75, 3.05) is 61.5 Å². The van der Waals surface area contributed by atoms with Crippen molar-refractivity contribution in [2.24, 2.45) is 0 Å². The molecule has 8 heteroatoms. The van der Waals surface area contributed by atoms with Gasteiger partial charge in [0.15, 0.2) is 0 Å². The zero-order valence-electron chi connectivity index (χ0n) is 17.1. The molecule has 0 bridgehead atoms. The molecule has 2 aliphatic rings. The highest BCUT2D eigenvalue weighted by Crippen LogP contribution is 2.22. The van der Waals surface area contributed by atoms with Crippen LogP contribution in [-0.2, 0) is 0 Å². The van der Waals surface area contributed by atoms with Crippen molar-refractivity contribution in [3.8, 4) is 5.75 Å². The van der Waals surface area contributed by atoms with E-state index < -0.39 is 0 Å². The summed E-state index contributed by atoms with van der Waals surface area (Å²) in [7, 11) is 1.63. The molecule has 154 valence electrons. The number of ether oxygens (including phenoxy) is 1. The van der Waals surface area contributed by atoms with Crippen LogP contribution in [0.5, 0.6) is 5.75 Å². The van der Waals surface area contributed by atoms with Crippen LogP contribution < -0.4 is 19.9 Å². The number of rotatable bonds is 4. The number of piperazine rings is 1. The number of methoxy groups -OCH3 is 1. The minimum atomic E-state index is -0.0774. The number of benzene rings is 1. The third-order valence-electron chi connectivity index (χ3n) is 5.45. The quantitative estimate of drug-likeness (QED) is 0.857. The highest BCUT2D eigenvalue weighted by Gasteiger charge is 2.24. The molecule has 0 spiro atoms. The Bertz CT molecular complexity index is 843. The van der Waals surface area contributed by atoms with Crippen molar-refractivity contribution < 1.29 is 9.53 Å². The molecule has 0 unspecified atom stereocenters. The van der Waals surface area contributed by atoms with Gasteiger partial charge in [0.2, 0.25) is 5.95 Å². The molecule has 2 saturated heterocycles. The highest BCUT2D eigenvalue weighted by molar-refractivity contribution is 5.89. The fourth-order valence-electron chi connectivity index (χ4n) is 3.77. The van der Waals surface area contributed by atoms with Crippen molar-refractivity contribution in [1.82, 2.24) is 14.9 Å². The van der Waals surface area contributed by atoms with Crippen LogP contribution >= 0.6 is 0 Å². The largest absolute Gasteiger partial charge is 0.497 e. The van der Waals surface area contributed by atoms with Gasteiger partial charge in [-0.2, -0.15) is 4.98 Å². The van der Waals surface area contributed by atoms with E-state index in [1.165, 1.54) is 12.8 Å². The lowest BCUT2D eigenvalue weighted by Gasteiger charge is -2.35. The maximum absolute atomic E-state index is 12.6. The summed E-state index contributed by atoms with van der Waals surface area (Å²) < 4.78 is 5.15. The molecule has 1 aromatic carbocycles. The van der Waals surface area contributed by atoms with E-state index in [0.29, 0.717) is 13.1 Å². The molecule has 4 rings (SSSR count). The Balaban J connectivity index is 1.35. The Morgan fingerprint density at radius 1 is 0.966 bits per heavy atom. The molecule has 2 fully saturated rings. The number of aromatic nitrogens is 2. The van der Waals surface area contributed by atoms with Crippen molar-refractivity contribution in [3.63, 3.8) is 0 Å². The number of hydrogen-bond donors (Lipinski definition) is 1. The smallest absolute Gasteiger partial charge is 0.321 e. The Morgan fingerprint density at radius 3 is 2.31 bits per heavy atom. The fraction of sp³-hybridized carbons (Fsp3) is 0.476. The van der Waals surface area contributed by atoms with Crippen LogP contribution in [0.1, 0.15) is 18.5 Å². The topological polar surface area (TPSA) is 73.8 Å². The first kappa shape index (κ1) is 19.3. The van der Waals surface area contributed by atoms with Gasteiger partial charge < -0.3 is 24.8 Å². The molecular weight excluding hydrogens is 368 g/mol. The summed E-state index contributed by atoms with van der Waals surface area (Å²) in [6, 6.07) is 9.32. The van der Waals surface area contributed by atoms with Crippen LogP contribution in [0.25, 0.3) is 0 Å². The second kappa shape index (κ2) is 8.55. The van der Waals surface area contributed by atoms with Crippen LogP contribution in [-0.4, -0.2) is 67.3 Å². The first-order valence-corrected chi connectivity index (χ1v) is 10.2. The number of anilines is 3. The Kier molecular flexibility index (Phi) is 5.69. The lowest BCUT2D eigenvalue weighted by molar-refractivity contribution is 0.208. The molecule has 2 aromatic rings. The summed E-state index contributed by atoms with van der Waals surface area (Å²) in [4.78, 5) is 28.3. The zero-order valence-corrected chi connectivity index (χ0v) is 17.1. The number of aryl methyl sites for hydroxylation is 1. The van der Waals surface area contributed by atoms with Crippen LogP contribution in [0, 0.1) is 6.92 Å². The first-order valence-electron chi connectivity index (χ1n) is 10.2. The van der Waals surface area contributed by atoms with Gasteiger partial charge >= 0.3 is 6.03 Å². The van der Waals surface area contributed by atoms with Gasteiger partial charge in [-0.05, 0) is 44.0 Å². The molecule has 0 aliphatic carbocycles. The number of amides is 2. The third-order valence-corrected chi connectivity index (χ3v) is 5.45. The number of carbonyl (C=O) groups excluding carboxylic acids is 1. The summed E-state index contributed by atoms with van der Waals surface area (Å²) in [5, 5.41) is 2.95. The first-order chi connectivity index (χ1) is 14.1. The van der Waals surface area contributed by atoms with Crippen molar-refractivity contribution in [1.29, 1.82) is 0 Å². The number of hydrogen-bond acceptors (Lipinski definition) is 6. The molecule has 3 heterocycles. The minimum Gasteiger partial charge on any atom is -0.497 e. The van der Waals surface area contributed by atoms with Crippen LogP contribution in [0.4, 0.5) is 22.2 Å². The van der Waals surface area contributed by atoms with Gasteiger partial charge in [0.25, 0.3) is 0 Å². The molecule has 29 heavy (non-hydrogen) atoms. The van der Waals surface area contributed by atoms with Gasteiger partial charge in [0.05, 0.1) is 7.11 Å². The fourth-order valence-corrected chi connectivity index (χ4v) is 3.77. The van der Waals surface area contributed by atoms with E-state index in [-0.39, 0.29) is 6.03 Å². The number of urea groups is 1. The standard InChI is InChI=1S/C21H28N6O2/c1-16-15-19(24-20(22-16)26-9-3-4-10-26)25-11-13-27(14-12-25)21(28)23-17-5-7-18(29-2)8-6-17/h5-8,15H,3-4,9-14H2,1-2H3,(H,23,28). The third kappa shape index (κ3) is 4.52. The maximum Gasteiger partial charge on any atom is 0.321 e. The maximum atomic E-state index is 12.6. The minimum absolute atomic E-state index is 0.0774. The highest BCUT2D eigenvalue weighted by atomic mass is 16.5. The normalized spacial score (nSPS) is 16.8. The predicted octanol–water partition coefficient (Wildman–Crippen LogP) is 2.75. The molecule has 0 radical (unpaired) electrons. The SMILES string of the molecule is COc1ccc(NC(=O)N2CCN(c3cc(C)nc(N4CCCC4)n3)CC2)cc1. The molecule has 2 aliphatic heterocycles. The number of nitrogens with zero attached hydrogens (tertiary/aromatic N) is 5. The van der Waals surface area contributed by atoms with E-state index in [1.54, 1.807) is 7.11 Å². The van der Waals surface area contributed by atoms with Crippen LogP contribution in [0.2, 0.25) is 0 Å². The summed E-state index contributed by atoms with van der Waals surface area (Å²) in [6.07, 6.45) is 2.41. The van der Waals surface area contributed by atoms with E-state index in [2.05, 4.69) is 20.1 Å². The lowest BCUT2D eigenvalue weighted by Crippen LogP contribution is -2.50. The van der Waals surface area contributed by atoms with Gasteiger partial charge in [0, 0.05) is 56.7 Å². The van der Waals surface area contributed by atoms with Crippen molar-refractivity contribution in [2.45, 2.75) is 19.8 Å². The predicted molar refractivity (Wildman–Crippen MR) is 114 cm³/mol. The molecule has 2 amide bonds. The average Bonchev–Trinajstić information content (AvgIpc) is 3.29. The van der Waals surface area contributed by atoms with E-state index >= 15 is 0 Å². The molecule has 0 saturated carbocycles. The van der Waals surface area contributed by atoms with E-state index in [4.69, 9.17) is 9.72 Å². The van der Waals surface area contributed by atoms with E-state index in [1.807, 2.05) is 42.2 Å². The lowest BCUT2D eigenvalue weighted by atomic mass is 10.3. The summed E-state index contributed by atoms with van der Waals surface area (Å²) in [6.45, 7) is 6.90. The molecule has 1 N–H and O–H groups in total. The Hall–Kier alpha value is -3.03. The molecule has 8 nitrogen and oxygen atoms in total. The van der Waals surface area contributed by atoms with Gasteiger partial charge in [0.1, 0.15) is 11.6 Å². The monoisotopic (exact) mass is 396 g/mol. The average molecular weight is 396 g/mol. The summed E-state index contributed by atoms with van der Waals surface area (Å²) >= 11 is 0. The summed E-state index contributed by atoms with van der Waals surface area (Å²) in [5.74, 6) is 2.55. The molecule has 0 atom stereocenters. The molecule has 1 aromatic heterocycles. The number of nitrogens with one attached hydrogen (secondary N) is 1. The van der Waals surface area contributed by atoms with Crippen molar-refractivity contribution >= 4 is 23.5 Å². The van der Waals surface area contributed by atoms with Gasteiger partial charge in [-0.1, -0.05) is 0 Å². The second-order valence-electron chi connectivity index (χ2n) is 7.49. The van der Waals surface area contributed by atoms with Gasteiger partial charge in [-0.15, -0.1) is 0 Å². The van der Waals surface area contributed by atoms with Crippen molar-refractivity contribution in [3.05, 3.63) is 36.0 Å². The van der Waals surface area contributed by atoms with Crippen LogP contribution in [0.15, 0.2) is 30.3 Å². The summed E-state index contributed by atoms with van der Waals surface area (Å²) in [5.41, 5.74) is 1.75. The zero-order chi connectivity index (χ0) is 20.2. The Labute approximate surface area is 171 Å². The van der Waals surface area contributed by atoms with Crippen LogP contribution in [0.3, 0.4) is 0 Å².